The van der Waals surface area contributed by atoms with Crippen molar-refractivity contribution < 1.29 is 9.59 Å². The lowest BCUT2D eigenvalue weighted by atomic mass is 9.94. The van der Waals surface area contributed by atoms with Crippen LogP contribution in [-0.2, 0) is 19.5 Å². The van der Waals surface area contributed by atoms with E-state index >= 15 is 0 Å². The van der Waals surface area contributed by atoms with Crippen LogP contribution in [0.25, 0.3) is 0 Å². The maximum absolute atomic E-state index is 12.9. The van der Waals surface area contributed by atoms with Gasteiger partial charge < -0.3 is 20.1 Å². The SMILES string of the molecule is CN(C(=O)c1ccc(NC(=O)NCc2nnc3n2CCC3)cc1Cl)C1CCCCC1. The summed E-state index contributed by atoms with van der Waals surface area (Å²) in [6, 6.07) is 4.88. The van der Waals surface area contributed by atoms with Crippen LogP contribution in [0.4, 0.5) is 10.5 Å². The van der Waals surface area contributed by atoms with Gasteiger partial charge in [-0.1, -0.05) is 30.9 Å². The molecule has 2 N–H and O–H groups in total. The van der Waals surface area contributed by atoms with Gasteiger partial charge in [0, 0.05) is 31.7 Å². The van der Waals surface area contributed by atoms with Gasteiger partial charge in [-0.2, -0.15) is 0 Å². The van der Waals surface area contributed by atoms with E-state index in [4.69, 9.17) is 11.6 Å². The van der Waals surface area contributed by atoms with Crippen LogP contribution in [0.5, 0.6) is 0 Å². The molecule has 8 nitrogen and oxygen atoms in total. The van der Waals surface area contributed by atoms with Crippen molar-refractivity contribution in [3.05, 3.63) is 40.4 Å². The predicted molar refractivity (Wildman–Crippen MR) is 115 cm³/mol. The zero-order valence-corrected chi connectivity index (χ0v) is 17.9. The molecule has 2 aliphatic rings. The van der Waals surface area contributed by atoms with Crippen LogP contribution >= 0.6 is 11.6 Å². The summed E-state index contributed by atoms with van der Waals surface area (Å²) in [5, 5.41) is 14.1. The fraction of sp³-hybridized carbons (Fsp3) is 0.524. The summed E-state index contributed by atoms with van der Waals surface area (Å²) in [7, 11) is 1.84. The molecule has 3 amide bonds. The first-order chi connectivity index (χ1) is 14.5. The molecule has 9 heteroatoms. The zero-order valence-electron chi connectivity index (χ0n) is 17.2. The molecule has 160 valence electrons. The molecule has 1 aromatic carbocycles. The Morgan fingerprint density at radius 1 is 1.20 bits per heavy atom. The molecular weight excluding hydrogens is 404 g/mol. The number of anilines is 1. The van der Waals surface area contributed by atoms with Crippen molar-refractivity contribution in [2.24, 2.45) is 0 Å². The molecule has 0 bridgehead atoms. The highest BCUT2D eigenvalue weighted by Crippen LogP contribution is 2.26. The van der Waals surface area contributed by atoms with E-state index in [1.54, 1.807) is 23.1 Å². The number of carbonyl (C=O) groups is 2. The number of urea groups is 1. The third-order valence-corrected chi connectivity index (χ3v) is 6.31. The van der Waals surface area contributed by atoms with Gasteiger partial charge in [-0.25, -0.2) is 4.79 Å². The van der Waals surface area contributed by atoms with Crippen molar-refractivity contribution in [3.63, 3.8) is 0 Å². The molecule has 0 spiro atoms. The first-order valence-corrected chi connectivity index (χ1v) is 10.9. The largest absolute Gasteiger partial charge is 0.339 e. The molecule has 1 aromatic heterocycles. The van der Waals surface area contributed by atoms with Gasteiger partial charge in [0.05, 0.1) is 17.1 Å². The summed E-state index contributed by atoms with van der Waals surface area (Å²) in [5.74, 6) is 1.64. The van der Waals surface area contributed by atoms with Crippen LogP contribution in [0.15, 0.2) is 18.2 Å². The first-order valence-electron chi connectivity index (χ1n) is 10.6. The Labute approximate surface area is 181 Å². The fourth-order valence-electron chi connectivity index (χ4n) is 4.27. The van der Waals surface area contributed by atoms with Gasteiger partial charge in [-0.05, 0) is 37.5 Å². The van der Waals surface area contributed by atoms with Crippen molar-refractivity contribution in [3.8, 4) is 0 Å². The summed E-state index contributed by atoms with van der Waals surface area (Å²) >= 11 is 6.37. The van der Waals surface area contributed by atoms with Gasteiger partial charge in [0.15, 0.2) is 5.82 Å². The molecule has 4 rings (SSSR count). The summed E-state index contributed by atoms with van der Waals surface area (Å²) in [6.07, 6.45) is 7.62. The van der Waals surface area contributed by atoms with Crippen molar-refractivity contribution in [1.29, 1.82) is 0 Å². The average Bonchev–Trinajstić information content (AvgIpc) is 3.36. The molecule has 0 unspecified atom stereocenters. The van der Waals surface area contributed by atoms with Crippen LogP contribution in [-0.4, -0.2) is 44.7 Å². The molecule has 1 aliphatic carbocycles. The highest BCUT2D eigenvalue weighted by Gasteiger charge is 2.24. The van der Waals surface area contributed by atoms with E-state index in [-0.39, 0.29) is 18.0 Å². The fourth-order valence-corrected chi connectivity index (χ4v) is 4.53. The second-order valence-electron chi connectivity index (χ2n) is 8.00. The Kier molecular flexibility index (Phi) is 6.22. The Morgan fingerprint density at radius 2 is 2.00 bits per heavy atom. The number of aryl methyl sites for hydroxylation is 1. The van der Waals surface area contributed by atoms with E-state index in [1.807, 2.05) is 11.6 Å². The lowest BCUT2D eigenvalue weighted by Crippen LogP contribution is -2.38. The van der Waals surface area contributed by atoms with Crippen LogP contribution in [0, 0.1) is 0 Å². The normalized spacial score (nSPS) is 16.2. The number of halogens is 1. The molecule has 1 aliphatic heterocycles. The quantitative estimate of drug-likeness (QED) is 0.757. The van der Waals surface area contributed by atoms with E-state index in [1.165, 1.54) is 6.42 Å². The van der Waals surface area contributed by atoms with E-state index < -0.39 is 0 Å². The second kappa shape index (κ2) is 9.04. The minimum atomic E-state index is -0.361. The Bertz CT molecular complexity index is 938. The van der Waals surface area contributed by atoms with Crippen LogP contribution in [0.1, 0.15) is 60.5 Å². The maximum atomic E-state index is 12.9. The van der Waals surface area contributed by atoms with Crippen LogP contribution in [0.3, 0.4) is 0 Å². The monoisotopic (exact) mass is 430 g/mol. The third kappa shape index (κ3) is 4.43. The van der Waals surface area contributed by atoms with Crippen molar-refractivity contribution in [2.75, 3.05) is 12.4 Å². The molecule has 1 fully saturated rings. The number of nitrogens with zero attached hydrogens (tertiary/aromatic N) is 4. The molecule has 1 saturated carbocycles. The molecule has 2 aromatic rings. The number of hydrogen-bond acceptors (Lipinski definition) is 4. The first kappa shape index (κ1) is 20.7. The van der Waals surface area contributed by atoms with Crippen LogP contribution in [0.2, 0.25) is 5.02 Å². The van der Waals surface area contributed by atoms with E-state index in [0.29, 0.717) is 22.8 Å². The zero-order chi connectivity index (χ0) is 21.1. The number of nitrogens with one attached hydrogen (secondary N) is 2. The minimum absolute atomic E-state index is 0.0800. The molecule has 0 atom stereocenters. The number of rotatable bonds is 5. The molecule has 0 radical (unpaired) electrons. The van der Waals surface area contributed by atoms with Crippen molar-refractivity contribution >= 4 is 29.2 Å². The molecule has 2 heterocycles. The number of fused-ring (bicyclic) bond motifs is 1. The number of benzene rings is 1. The lowest BCUT2D eigenvalue weighted by Gasteiger charge is -2.31. The average molecular weight is 431 g/mol. The summed E-state index contributed by atoms with van der Waals surface area (Å²) in [4.78, 5) is 26.9. The van der Waals surface area contributed by atoms with Crippen LogP contribution < -0.4 is 10.6 Å². The second-order valence-corrected chi connectivity index (χ2v) is 8.41. The molecular formula is C21H27ClN6O2. The van der Waals surface area contributed by atoms with E-state index in [2.05, 4.69) is 20.8 Å². The van der Waals surface area contributed by atoms with Gasteiger partial charge in [0.2, 0.25) is 0 Å². The van der Waals surface area contributed by atoms with Gasteiger partial charge >= 0.3 is 6.03 Å². The van der Waals surface area contributed by atoms with E-state index in [9.17, 15) is 9.59 Å². The number of aromatic nitrogens is 3. The number of carbonyl (C=O) groups excluding carboxylic acids is 2. The highest BCUT2D eigenvalue weighted by molar-refractivity contribution is 6.34. The molecule has 30 heavy (non-hydrogen) atoms. The van der Waals surface area contributed by atoms with Gasteiger partial charge in [0.1, 0.15) is 5.82 Å². The minimum Gasteiger partial charge on any atom is -0.339 e. The highest BCUT2D eigenvalue weighted by atomic mass is 35.5. The standard InChI is InChI=1S/C21H27ClN6O2/c1-27(15-6-3-2-4-7-15)20(29)16-10-9-14(12-17(16)22)24-21(30)23-13-19-26-25-18-8-5-11-28(18)19/h9-10,12,15H,2-8,11,13H2,1H3,(H2,23,24,30). The van der Waals surface area contributed by atoms with Crippen molar-refractivity contribution in [2.45, 2.75) is 64.1 Å². The molecule has 0 saturated heterocycles. The summed E-state index contributed by atoms with van der Waals surface area (Å²) < 4.78 is 2.04. The topological polar surface area (TPSA) is 92.2 Å². The maximum Gasteiger partial charge on any atom is 0.319 e. The van der Waals surface area contributed by atoms with Crippen molar-refractivity contribution in [1.82, 2.24) is 25.0 Å². The Morgan fingerprint density at radius 3 is 2.77 bits per heavy atom. The number of amides is 3. The smallest absolute Gasteiger partial charge is 0.319 e. The van der Waals surface area contributed by atoms with E-state index in [0.717, 1.165) is 56.7 Å². The Balaban J connectivity index is 1.34. The van der Waals surface area contributed by atoms with Gasteiger partial charge in [-0.15, -0.1) is 10.2 Å². The predicted octanol–water partition coefficient (Wildman–Crippen LogP) is 3.60. The van der Waals surface area contributed by atoms with Gasteiger partial charge in [-0.3, -0.25) is 4.79 Å². The lowest BCUT2D eigenvalue weighted by molar-refractivity contribution is 0.0696. The van der Waals surface area contributed by atoms with Gasteiger partial charge in [0.25, 0.3) is 5.91 Å². The number of hydrogen-bond donors (Lipinski definition) is 2. The Hall–Kier alpha value is -2.61. The summed E-state index contributed by atoms with van der Waals surface area (Å²) in [6.45, 7) is 1.19. The third-order valence-electron chi connectivity index (χ3n) is 5.99. The summed E-state index contributed by atoms with van der Waals surface area (Å²) in [5.41, 5.74) is 0.982.